The molecule has 1 aliphatic rings. The fourth-order valence-corrected chi connectivity index (χ4v) is 2.90. The third-order valence-corrected chi connectivity index (χ3v) is 4.22. The molecule has 0 bridgehead atoms. The highest BCUT2D eigenvalue weighted by molar-refractivity contribution is 5.98. The lowest BCUT2D eigenvalue weighted by atomic mass is 9.98. The minimum Gasteiger partial charge on any atom is -0.353 e. The SMILES string of the molecule is CCOC(C[C@@H](CC)CCn1cnc2c1NC(N)NC2=O)OCC. The third-order valence-electron chi connectivity index (χ3n) is 4.22. The molecule has 136 valence electrons. The van der Waals surface area contributed by atoms with Gasteiger partial charge in [0.15, 0.2) is 18.3 Å². The summed E-state index contributed by atoms with van der Waals surface area (Å²) in [5.41, 5.74) is 6.16. The molecule has 2 atom stereocenters. The standard InChI is InChI=1S/C16H29N5O3/c1-4-11(9-12(23-5-2)24-6-3)7-8-21-10-18-13-14(21)19-16(17)20-15(13)22/h10-12,16,19H,4-9,17H2,1-3H3,(H,20,22)/t11-,16?/m0/s1. The van der Waals surface area contributed by atoms with Gasteiger partial charge in [-0.25, -0.2) is 4.98 Å². The Labute approximate surface area is 143 Å². The zero-order valence-electron chi connectivity index (χ0n) is 14.7. The Morgan fingerprint density at radius 1 is 1.29 bits per heavy atom. The highest BCUT2D eigenvalue weighted by Crippen LogP contribution is 2.23. The van der Waals surface area contributed by atoms with Crippen molar-refractivity contribution in [2.24, 2.45) is 11.7 Å². The molecule has 2 heterocycles. The lowest BCUT2D eigenvalue weighted by Gasteiger charge is -2.25. The van der Waals surface area contributed by atoms with Crippen molar-refractivity contribution in [2.45, 2.75) is 59.2 Å². The van der Waals surface area contributed by atoms with E-state index in [9.17, 15) is 4.79 Å². The van der Waals surface area contributed by atoms with Crippen molar-refractivity contribution < 1.29 is 14.3 Å². The van der Waals surface area contributed by atoms with Gasteiger partial charge >= 0.3 is 0 Å². The van der Waals surface area contributed by atoms with Crippen molar-refractivity contribution in [3.63, 3.8) is 0 Å². The normalized spacial score (nSPS) is 18.2. The number of hydrogen-bond acceptors (Lipinski definition) is 6. The van der Waals surface area contributed by atoms with Crippen LogP contribution in [-0.4, -0.2) is 41.3 Å². The van der Waals surface area contributed by atoms with Gasteiger partial charge in [0.25, 0.3) is 5.91 Å². The van der Waals surface area contributed by atoms with Crippen LogP contribution in [0.5, 0.6) is 0 Å². The number of nitrogens with one attached hydrogen (secondary N) is 2. The average molecular weight is 339 g/mol. The summed E-state index contributed by atoms with van der Waals surface area (Å²) in [4.78, 5) is 16.0. The topological polar surface area (TPSA) is 103 Å². The van der Waals surface area contributed by atoms with Gasteiger partial charge in [-0.05, 0) is 26.2 Å². The number of aryl methyl sites for hydroxylation is 1. The van der Waals surface area contributed by atoms with Gasteiger partial charge in [-0.1, -0.05) is 13.3 Å². The Bertz CT molecular complexity index is 528. The number of ether oxygens (including phenoxy) is 2. The van der Waals surface area contributed by atoms with Crippen LogP contribution >= 0.6 is 0 Å². The molecule has 0 spiro atoms. The third kappa shape index (κ3) is 4.68. The van der Waals surface area contributed by atoms with E-state index in [1.54, 1.807) is 6.33 Å². The lowest BCUT2D eigenvalue weighted by Crippen LogP contribution is -2.51. The number of carbonyl (C=O) groups excluding carboxylic acids is 1. The van der Waals surface area contributed by atoms with Crippen molar-refractivity contribution in [1.82, 2.24) is 14.9 Å². The summed E-state index contributed by atoms with van der Waals surface area (Å²) < 4.78 is 13.2. The fraction of sp³-hybridized carbons (Fsp3) is 0.750. The van der Waals surface area contributed by atoms with Crippen molar-refractivity contribution in [3.8, 4) is 0 Å². The number of imidazole rings is 1. The predicted molar refractivity (Wildman–Crippen MR) is 91.3 cm³/mol. The quantitative estimate of drug-likeness (QED) is 0.558. The predicted octanol–water partition coefficient (Wildman–Crippen LogP) is 1.49. The number of carbonyl (C=O) groups is 1. The molecule has 1 amide bonds. The molecule has 1 unspecified atom stereocenters. The van der Waals surface area contributed by atoms with Gasteiger partial charge in [0.1, 0.15) is 5.82 Å². The van der Waals surface area contributed by atoms with Crippen LogP contribution in [-0.2, 0) is 16.0 Å². The van der Waals surface area contributed by atoms with E-state index in [0.29, 0.717) is 30.6 Å². The number of amides is 1. The number of anilines is 1. The summed E-state index contributed by atoms with van der Waals surface area (Å²) in [5, 5.41) is 5.66. The van der Waals surface area contributed by atoms with E-state index >= 15 is 0 Å². The molecule has 1 aromatic heterocycles. The number of rotatable bonds is 10. The van der Waals surface area contributed by atoms with Crippen LogP contribution in [0.15, 0.2) is 6.33 Å². The Kier molecular flexibility index (Phi) is 7.01. The molecule has 1 aliphatic heterocycles. The first kappa shape index (κ1) is 18.7. The first-order chi connectivity index (χ1) is 11.6. The van der Waals surface area contributed by atoms with E-state index in [1.807, 2.05) is 18.4 Å². The molecule has 8 heteroatoms. The van der Waals surface area contributed by atoms with Crippen molar-refractivity contribution in [2.75, 3.05) is 18.5 Å². The zero-order valence-corrected chi connectivity index (χ0v) is 14.7. The maximum Gasteiger partial charge on any atom is 0.276 e. The molecule has 0 fully saturated rings. The van der Waals surface area contributed by atoms with Crippen LogP contribution < -0.4 is 16.4 Å². The smallest absolute Gasteiger partial charge is 0.276 e. The van der Waals surface area contributed by atoms with E-state index in [0.717, 1.165) is 25.8 Å². The summed E-state index contributed by atoms with van der Waals surface area (Å²) in [6.07, 6.45) is 3.81. The van der Waals surface area contributed by atoms with Gasteiger partial charge < -0.3 is 24.7 Å². The molecule has 2 rings (SSSR count). The zero-order chi connectivity index (χ0) is 17.5. The first-order valence-corrected chi connectivity index (χ1v) is 8.70. The molecule has 8 nitrogen and oxygen atoms in total. The van der Waals surface area contributed by atoms with Gasteiger partial charge in [0.2, 0.25) is 0 Å². The van der Waals surface area contributed by atoms with E-state index < -0.39 is 6.29 Å². The number of nitrogens with zero attached hydrogens (tertiary/aromatic N) is 2. The van der Waals surface area contributed by atoms with Crippen LogP contribution in [0.2, 0.25) is 0 Å². The van der Waals surface area contributed by atoms with Crippen molar-refractivity contribution >= 4 is 11.7 Å². The molecule has 1 aromatic rings. The summed E-state index contributed by atoms with van der Waals surface area (Å²) in [6.45, 7) is 8.18. The molecule has 0 aliphatic carbocycles. The van der Waals surface area contributed by atoms with Gasteiger partial charge in [-0.2, -0.15) is 0 Å². The second-order valence-electron chi connectivity index (χ2n) is 5.87. The maximum atomic E-state index is 11.9. The molecule has 0 saturated carbocycles. The van der Waals surface area contributed by atoms with Crippen molar-refractivity contribution in [1.29, 1.82) is 0 Å². The number of fused-ring (bicyclic) bond motifs is 1. The Hall–Kier alpha value is -1.64. The van der Waals surface area contributed by atoms with E-state index in [4.69, 9.17) is 15.2 Å². The molecular formula is C16H29N5O3. The highest BCUT2D eigenvalue weighted by atomic mass is 16.7. The largest absolute Gasteiger partial charge is 0.353 e. The number of nitrogens with two attached hydrogens (primary N) is 1. The molecule has 24 heavy (non-hydrogen) atoms. The molecule has 4 N–H and O–H groups in total. The van der Waals surface area contributed by atoms with Crippen molar-refractivity contribution in [3.05, 3.63) is 12.0 Å². The Balaban J connectivity index is 1.95. The fourth-order valence-electron chi connectivity index (χ4n) is 2.90. The summed E-state index contributed by atoms with van der Waals surface area (Å²) in [5.74, 6) is 0.916. The second-order valence-corrected chi connectivity index (χ2v) is 5.87. The van der Waals surface area contributed by atoms with Crippen LogP contribution in [0.1, 0.15) is 50.5 Å². The summed E-state index contributed by atoms with van der Waals surface area (Å²) >= 11 is 0. The highest BCUT2D eigenvalue weighted by Gasteiger charge is 2.26. The Morgan fingerprint density at radius 2 is 2.00 bits per heavy atom. The maximum absolute atomic E-state index is 11.9. The van der Waals surface area contributed by atoms with Crippen LogP contribution in [0, 0.1) is 5.92 Å². The molecule has 0 saturated heterocycles. The molecule has 0 aromatic carbocycles. The minimum absolute atomic E-state index is 0.154. The number of aromatic nitrogens is 2. The van der Waals surface area contributed by atoms with E-state index in [1.165, 1.54) is 0 Å². The second kappa shape index (κ2) is 9.00. The van der Waals surface area contributed by atoms with E-state index in [-0.39, 0.29) is 12.2 Å². The lowest BCUT2D eigenvalue weighted by molar-refractivity contribution is -0.146. The molecular weight excluding hydrogens is 310 g/mol. The first-order valence-electron chi connectivity index (χ1n) is 8.70. The van der Waals surface area contributed by atoms with Gasteiger partial charge in [-0.15, -0.1) is 0 Å². The monoisotopic (exact) mass is 339 g/mol. The van der Waals surface area contributed by atoms with Gasteiger partial charge in [0.05, 0.1) is 6.33 Å². The average Bonchev–Trinajstić information content (AvgIpc) is 2.95. The van der Waals surface area contributed by atoms with Crippen LogP contribution in [0.3, 0.4) is 0 Å². The minimum atomic E-state index is -0.581. The van der Waals surface area contributed by atoms with Gasteiger partial charge in [0, 0.05) is 26.2 Å². The summed E-state index contributed by atoms with van der Waals surface area (Å²) in [6, 6.07) is 0. The summed E-state index contributed by atoms with van der Waals surface area (Å²) in [7, 11) is 0. The number of hydrogen-bond donors (Lipinski definition) is 3. The van der Waals surface area contributed by atoms with E-state index in [2.05, 4.69) is 22.5 Å². The van der Waals surface area contributed by atoms with Gasteiger partial charge in [-0.3, -0.25) is 10.5 Å². The molecule has 0 radical (unpaired) electrons. The Morgan fingerprint density at radius 3 is 2.62 bits per heavy atom. The van der Waals surface area contributed by atoms with Crippen LogP contribution in [0.25, 0.3) is 0 Å². The van der Waals surface area contributed by atoms with Crippen LogP contribution in [0.4, 0.5) is 5.82 Å².